The summed E-state index contributed by atoms with van der Waals surface area (Å²) < 4.78 is 30.4. The lowest BCUT2D eigenvalue weighted by Gasteiger charge is -2.22. The number of rotatable bonds is 4. The third-order valence-electron chi connectivity index (χ3n) is 5.07. The molecule has 2 aromatic carbocycles. The van der Waals surface area contributed by atoms with E-state index in [1.807, 2.05) is 12.1 Å². The Labute approximate surface area is 168 Å². The average molecular weight is 395 g/mol. The molecule has 7 heteroatoms. The van der Waals surface area contributed by atoms with Crippen LogP contribution >= 0.6 is 0 Å². The third-order valence-corrected chi connectivity index (χ3v) is 5.07. The Bertz CT molecular complexity index is 1190. The van der Waals surface area contributed by atoms with Crippen LogP contribution in [0.2, 0.25) is 0 Å². The highest BCUT2D eigenvalue weighted by molar-refractivity contribution is 5.94. The first-order chi connectivity index (χ1) is 13.7. The van der Waals surface area contributed by atoms with Crippen LogP contribution in [0.3, 0.4) is 0 Å². The van der Waals surface area contributed by atoms with Crippen molar-refractivity contribution in [3.63, 3.8) is 0 Å². The molecule has 0 aliphatic heterocycles. The highest BCUT2D eigenvalue weighted by Crippen LogP contribution is 2.33. The van der Waals surface area contributed by atoms with Crippen molar-refractivity contribution in [2.24, 2.45) is 5.41 Å². The van der Waals surface area contributed by atoms with Gasteiger partial charge in [0.05, 0.1) is 10.9 Å². The van der Waals surface area contributed by atoms with Gasteiger partial charge in [-0.05, 0) is 48.1 Å². The van der Waals surface area contributed by atoms with Gasteiger partial charge < -0.3 is 4.90 Å². The molecule has 0 aliphatic carbocycles. The van der Waals surface area contributed by atoms with E-state index in [2.05, 4.69) is 48.1 Å². The zero-order valence-electron chi connectivity index (χ0n) is 16.9. The second-order valence-electron chi connectivity index (χ2n) is 8.48. The van der Waals surface area contributed by atoms with Gasteiger partial charge in [-0.15, -0.1) is 10.2 Å². The lowest BCUT2D eigenvalue weighted by molar-refractivity contribution is 0.378. The Hall–Kier alpha value is -3.09. The number of aryl methyl sites for hydroxylation is 1. The van der Waals surface area contributed by atoms with Gasteiger partial charge in [0.2, 0.25) is 0 Å². The van der Waals surface area contributed by atoms with E-state index < -0.39 is 11.6 Å². The van der Waals surface area contributed by atoms with E-state index in [9.17, 15) is 8.78 Å². The van der Waals surface area contributed by atoms with Gasteiger partial charge in [-0.1, -0.05) is 32.9 Å². The number of anilines is 2. The van der Waals surface area contributed by atoms with Gasteiger partial charge in [-0.2, -0.15) is 4.98 Å². The summed E-state index contributed by atoms with van der Waals surface area (Å²) >= 11 is 0. The van der Waals surface area contributed by atoms with Crippen molar-refractivity contribution < 1.29 is 8.78 Å². The molecule has 0 amide bonds. The standard InChI is InChI=1S/C22H23F2N5/c1-22(2,3)11-10-14-6-5-7-15(12-14)28(4)20-18-17(9-8-16(23)19(18)24)29-13-25-27-21(29)26-20/h5-9,12-13H,10-11H2,1-4H3. The maximum atomic E-state index is 14.8. The van der Waals surface area contributed by atoms with Crippen LogP contribution in [-0.4, -0.2) is 26.6 Å². The first-order valence-corrected chi connectivity index (χ1v) is 9.55. The molecular formula is C22H23F2N5. The van der Waals surface area contributed by atoms with Crippen LogP contribution in [0.5, 0.6) is 0 Å². The monoisotopic (exact) mass is 395 g/mol. The maximum Gasteiger partial charge on any atom is 0.257 e. The Morgan fingerprint density at radius 2 is 1.90 bits per heavy atom. The maximum absolute atomic E-state index is 14.8. The molecule has 0 radical (unpaired) electrons. The Kier molecular flexibility index (Phi) is 4.68. The number of nitrogens with zero attached hydrogens (tertiary/aromatic N) is 5. The van der Waals surface area contributed by atoms with Crippen LogP contribution in [0.15, 0.2) is 42.7 Å². The van der Waals surface area contributed by atoms with Crippen LogP contribution in [0.25, 0.3) is 16.7 Å². The number of halogens is 2. The topological polar surface area (TPSA) is 46.3 Å². The first-order valence-electron chi connectivity index (χ1n) is 9.55. The fraction of sp³-hybridized carbons (Fsp3) is 0.318. The van der Waals surface area contributed by atoms with Crippen LogP contribution in [0.4, 0.5) is 20.3 Å². The van der Waals surface area contributed by atoms with E-state index in [0.29, 0.717) is 17.1 Å². The Morgan fingerprint density at radius 3 is 2.66 bits per heavy atom. The normalized spacial score (nSPS) is 12.1. The molecule has 150 valence electrons. The van der Waals surface area contributed by atoms with Crippen molar-refractivity contribution >= 4 is 28.2 Å². The average Bonchev–Trinajstić information content (AvgIpc) is 3.16. The van der Waals surface area contributed by atoms with E-state index in [1.54, 1.807) is 16.3 Å². The number of hydrogen-bond acceptors (Lipinski definition) is 4. The summed E-state index contributed by atoms with van der Waals surface area (Å²) in [4.78, 5) is 6.23. The number of fused-ring (bicyclic) bond motifs is 3. The summed E-state index contributed by atoms with van der Waals surface area (Å²) in [6.45, 7) is 6.64. The van der Waals surface area contributed by atoms with Crippen molar-refractivity contribution in [3.05, 3.63) is 59.9 Å². The smallest absolute Gasteiger partial charge is 0.257 e. The van der Waals surface area contributed by atoms with Gasteiger partial charge in [0.25, 0.3) is 5.78 Å². The number of benzene rings is 2. The van der Waals surface area contributed by atoms with Crippen LogP contribution in [0, 0.1) is 17.0 Å². The van der Waals surface area contributed by atoms with Gasteiger partial charge in [-0.3, -0.25) is 4.40 Å². The molecule has 29 heavy (non-hydrogen) atoms. The van der Waals surface area contributed by atoms with Crippen molar-refractivity contribution in [3.8, 4) is 0 Å². The quantitative estimate of drug-likeness (QED) is 0.470. The van der Waals surface area contributed by atoms with Crippen molar-refractivity contribution in [2.45, 2.75) is 33.6 Å². The summed E-state index contributed by atoms with van der Waals surface area (Å²) in [6.07, 6.45) is 3.43. The number of hydrogen-bond donors (Lipinski definition) is 0. The third kappa shape index (κ3) is 3.64. The molecule has 2 heterocycles. The minimum absolute atomic E-state index is 0.0971. The minimum Gasteiger partial charge on any atom is -0.329 e. The minimum atomic E-state index is -0.934. The molecule has 0 saturated carbocycles. The summed E-state index contributed by atoms with van der Waals surface area (Å²) in [5.74, 6) is -1.23. The molecule has 0 fully saturated rings. The summed E-state index contributed by atoms with van der Waals surface area (Å²) in [7, 11) is 1.79. The van der Waals surface area contributed by atoms with Crippen LogP contribution < -0.4 is 4.90 Å². The summed E-state index contributed by atoms with van der Waals surface area (Å²) in [5.41, 5.74) is 2.73. The molecule has 0 spiro atoms. The molecule has 0 saturated heterocycles. The second-order valence-corrected chi connectivity index (χ2v) is 8.48. The molecule has 5 nitrogen and oxygen atoms in total. The molecule has 2 aromatic heterocycles. The summed E-state index contributed by atoms with van der Waals surface area (Å²) in [5, 5.41) is 7.94. The van der Waals surface area contributed by atoms with E-state index in [0.717, 1.165) is 24.6 Å². The predicted octanol–water partition coefficient (Wildman–Crippen LogP) is 5.30. The molecule has 0 aliphatic rings. The molecule has 0 N–H and O–H groups in total. The van der Waals surface area contributed by atoms with Gasteiger partial charge in [0.15, 0.2) is 11.6 Å². The molecule has 4 aromatic rings. The molecular weight excluding hydrogens is 372 g/mol. The molecule has 0 unspecified atom stereocenters. The van der Waals surface area contributed by atoms with Crippen molar-refractivity contribution in [1.82, 2.24) is 19.6 Å². The van der Waals surface area contributed by atoms with Crippen molar-refractivity contribution in [1.29, 1.82) is 0 Å². The Balaban J connectivity index is 1.83. The SMILES string of the molecule is CN(c1cccc(CCC(C)(C)C)c1)c1nc2nncn2c2ccc(F)c(F)c12. The lowest BCUT2D eigenvalue weighted by Crippen LogP contribution is -2.14. The highest BCUT2D eigenvalue weighted by Gasteiger charge is 2.20. The number of aromatic nitrogens is 4. The van der Waals surface area contributed by atoms with Crippen molar-refractivity contribution in [2.75, 3.05) is 11.9 Å². The van der Waals surface area contributed by atoms with E-state index in [-0.39, 0.29) is 10.8 Å². The largest absolute Gasteiger partial charge is 0.329 e. The molecule has 0 bridgehead atoms. The van der Waals surface area contributed by atoms with E-state index >= 15 is 0 Å². The molecule has 0 atom stereocenters. The first kappa shape index (κ1) is 19.2. The van der Waals surface area contributed by atoms with E-state index in [4.69, 9.17) is 0 Å². The fourth-order valence-corrected chi connectivity index (χ4v) is 3.38. The predicted molar refractivity (Wildman–Crippen MR) is 110 cm³/mol. The zero-order valence-corrected chi connectivity index (χ0v) is 16.9. The fourth-order valence-electron chi connectivity index (χ4n) is 3.38. The van der Waals surface area contributed by atoms with Crippen LogP contribution in [-0.2, 0) is 6.42 Å². The van der Waals surface area contributed by atoms with Gasteiger partial charge >= 0.3 is 0 Å². The zero-order chi connectivity index (χ0) is 20.8. The second kappa shape index (κ2) is 7.06. The van der Waals surface area contributed by atoms with Gasteiger partial charge in [-0.25, -0.2) is 8.78 Å². The lowest BCUT2D eigenvalue weighted by atomic mass is 9.88. The summed E-state index contributed by atoms with van der Waals surface area (Å²) in [6, 6.07) is 10.7. The highest BCUT2D eigenvalue weighted by atomic mass is 19.2. The Morgan fingerprint density at radius 1 is 1.10 bits per heavy atom. The van der Waals surface area contributed by atoms with Gasteiger partial charge in [0.1, 0.15) is 12.1 Å². The van der Waals surface area contributed by atoms with E-state index in [1.165, 1.54) is 18.0 Å². The van der Waals surface area contributed by atoms with Gasteiger partial charge in [0, 0.05) is 12.7 Å². The molecule has 4 rings (SSSR count). The van der Waals surface area contributed by atoms with Crippen LogP contribution in [0.1, 0.15) is 32.8 Å².